The minimum absolute atomic E-state index is 0.0131. The lowest BCUT2D eigenvalue weighted by atomic mass is 10.1. The number of carbonyl (C=O) groups is 2. The molecule has 11 heteroatoms. The minimum atomic E-state index is -4.44. The number of rotatable bonds is 38. The number of likely N-dealkylation sites (N-methyl/N-ethyl adjacent to an activating group) is 1. The molecule has 0 amide bonds. The highest BCUT2D eigenvalue weighted by atomic mass is 31.2. The molecule has 0 rings (SSSR count). The molecule has 0 aliphatic carbocycles. The highest BCUT2D eigenvalue weighted by molar-refractivity contribution is 7.47. The third-order valence-corrected chi connectivity index (χ3v) is 9.58. The normalized spacial score (nSPS) is 15.2. The molecule has 61 heavy (non-hydrogen) atoms. The van der Waals surface area contributed by atoms with Crippen molar-refractivity contribution < 1.29 is 47.2 Å². The largest absolute Gasteiger partial charge is 0.472 e. The highest BCUT2D eigenvalue weighted by Gasteiger charge is 2.27. The molecule has 0 aliphatic rings. The van der Waals surface area contributed by atoms with Crippen LogP contribution < -0.4 is 0 Å². The number of aliphatic hydroxyl groups is 1. The molecule has 3 atom stereocenters. The first-order valence-corrected chi connectivity index (χ1v) is 23.9. The number of esters is 2. The average Bonchev–Trinajstić information content (AvgIpc) is 3.21. The summed E-state index contributed by atoms with van der Waals surface area (Å²) >= 11 is 0. The van der Waals surface area contributed by atoms with Crippen molar-refractivity contribution in [1.29, 1.82) is 0 Å². The van der Waals surface area contributed by atoms with Gasteiger partial charge < -0.3 is 24.0 Å². The van der Waals surface area contributed by atoms with Gasteiger partial charge in [-0.1, -0.05) is 142 Å². The summed E-state index contributed by atoms with van der Waals surface area (Å²) in [5, 5.41) is 10.3. The third-order valence-electron chi connectivity index (χ3n) is 8.59. The van der Waals surface area contributed by atoms with E-state index in [0.717, 1.165) is 77.0 Å². The minimum Gasteiger partial charge on any atom is -0.462 e. The van der Waals surface area contributed by atoms with Gasteiger partial charge in [0.15, 0.2) is 6.10 Å². The smallest absolute Gasteiger partial charge is 0.462 e. The summed E-state index contributed by atoms with van der Waals surface area (Å²) in [7, 11) is 1.33. The lowest BCUT2D eigenvalue weighted by Crippen LogP contribution is -2.37. The highest BCUT2D eigenvalue weighted by Crippen LogP contribution is 2.43. The lowest BCUT2D eigenvalue weighted by Gasteiger charge is -2.24. The molecule has 0 aromatic carbocycles. The van der Waals surface area contributed by atoms with Crippen molar-refractivity contribution in [1.82, 2.24) is 0 Å². The maximum atomic E-state index is 12.7. The van der Waals surface area contributed by atoms with E-state index in [-0.39, 0.29) is 26.1 Å². The first-order chi connectivity index (χ1) is 29.4. The Morgan fingerprint density at radius 2 is 1.08 bits per heavy atom. The van der Waals surface area contributed by atoms with Gasteiger partial charge >= 0.3 is 19.8 Å². The van der Waals surface area contributed by atoms with E-state index in [1.54, 1.807) is 12.2 Å². The van der Waals surface area contributed by atoms with E-state index in [1.165, 1.54) is 0 Å². The van der Waals surface area contributed by atoms with Crippen LogP contribution in [0.1, 0.15) is 123 Å². The van der Waals surface area contributed by atoms with E-state index >= 15 is 0 Å². The molecule has 0 bridgehead atoms. The number of allylic oxidation sites excluding steroid dienone is 19. The summed E-state index contributed by atoms with van der Waals surface area (Å²) < 4.78 is 34.1. The SMILES string of the molecule is CC/C=C\C/C=C\C/C=C\C/C=C\C=C\C(O)CCCC(=O)OC[C@H](COP(=O)(O)OCC[N+](C)(C)C)OC(=O)CCCCC/C=C\C/C=C\C/C=C\C/C=C\C/C=C\CC. The number of unbranched alkanes of at least 4 members (excludes halogenated alkanes) is 3. The summed E-state index contributed by atoms with van der Waals surface area (Å²) in [4.78, 5) is 35.4. The van der Waals surface area contributed by atoms with Crippen LogP contribution in [0.15, 0.2) is 122 Å². The van der Waals surface area contributed by atoms with Gasteiger partial charge in [0.1, 0.15) is 19.8 Å². The number of ether oxygens (including phenoxy) is 2. The van der Waals surface area contributed by atoms with Crippen LogP contribution in [0.5, 0.6) is 0 Å². The summed E-state index contributed by atoms with van der Waals surface area (Å²) in [5.41, 5.74) is 0. The summed E-state index contributed by atoms with van der Waals surface area (Å²) in [5.74, 6) is -1.06. The zero-order valence-corrected chi connectivity index (χ0v) is 39.1. The van der Waals surface area contributed by atoms with Crippen LogP contribution in [0.4, 0.5) is 0 Å². The molecule has 2 N–H and O–H groups in total. The number of aliphatic hydroxyl groups excluding tert-OH is 1. The van der Waals surface area contributed by atoms with Gasteiger partial charge in [0.25, 0.3) is 0 Å². The number of hydrogen-bond acceptors (Lipinski definition) is 8. The van der Waals surface area contributed by atoms with E-state index in [1.807, 2.05) is 33.3 Å². The van der Waals surface area contributed by atoms with E-state index < -0.39 is 38.6 Å². The molecule has 0 aliphatic heterocycles. The van der Waals surface area contributed by atoms with Crippen molar-refractivity contribution in [2.75, 3.05) is 47.5 Å². The van der Waals surface area contributed by atoms with E-state index in [0.29, 0.717) is 30.3 Å². The van der Waals surface area contributed by atoms with Gasteiger partial charge in [-0.2, -0.15) is 0 Å². The monoisotopic (exact) mass is 871 g/mol. The molecule has 0 aromatic rings. The number of carbonyl (C=O) groups excluding carboxylic acids is 2. The fourth-order valence-corrected chi connectivity index (χ4v) is 5.87. The summed E-state index contributed by atoms with van der Waals surface area (Å²) in [6.45, 7) is 3.89. The zero-order valence-electron chi connectivity index (χ0n) is 38.2. The molecule has 0 aromatic heterocycles. The maximum Gasteiger partial charge on any atom is 0.472 e. The molecule has 2 unspecified atom stereocenters. The van der Waals surface area contributed by atoms with E-state index in [2.05, 4.69) is 111 Å². The van der Waals surface area contributed by atoms with Gasteiger partial charge in [-0.05, 0) is 89.9 Å². The van der Waals surface area contributed by atoms with Crippen LogP contribution in [-0.4, -0.2) is 86.1 Å². The average molecular weight is 871 g/mol. The predicted octanol–water partition coefficient (Wildman–Crippen LogP) is 11.9. The standard InChI is InChI=1S/C50H80NO9P/c1-6-8-10-12-14-16-18-20-21-22-23-24-25-27-29-31-33-35-37-41-50(54)60-48(46-59-61(55,56)58-44-43-51(3,4)5)45-57-49(53)42-38-40-47(52)39-36-34-32-30-28-26-19-17-15-13-11-9-7-2/h8-11,14-17,20-21,23-24,26-29,32,34,36,39,47-48,52H,6-7,12-13,18-19,22,25,30-31,33,35,37-38,40-46H2,1-5H3/p+1/b10-8-,11-9-,16-14-,17-15-,21-20-,24-23-,28-26-,29-27-,34-32-,39-36+/t47?,48-/m1/s1. The van der Waals surface area contributed by atoms with E-state index in [4.69, 9.17) is 18.5 Å². The molecule has 0 saturated heterocycles. The fraction of sp³-hybridized carbons (Fsp3) is 0.560. The Labute approximate surface area is 370 Å². The Kier molecular flexibility index (Phi) is 38.0. The molecule has 0 fully saturated rings. The van der Waals surface area contributed by atoms with E-state index in [9.17, 15) is 24.2 Å². The summed E-state index contributed by atoms with van der Waals surface area (Å²) in [6.07, 6.45) is 52.8. The van der Waals surface area contributed by atoms with Crippen molar-refractivity contribution >= 4 is 19.8 Å². The van der Waals surface area contributed by atoms with Crippen molar-refractivity contribution in [2.45, 2.75) is 135 Å². The van der Waals surface area contributed by atoms with Gasteiger partial charge in [0, 0.05) is 12.8 Å². The Morgan fingerprint density at radius 1 is 0.590 bits per heavy atom. The van der Waals surface area contributed by atoms with Gasteiger partial charge in [-0.3, -0.25) is 18.6 Å². The Balaban J connectivity index is 4.63. The second kappa shape index (κ2) is 40.4. The van der Waals surface area contributed by atoms with Gasteiger partial charge in [0.05, 0.1) is 33.9 Å². The molecule has 0 saturated carbocycles. The Morgan fingerprint density at radius 3 is 1.61 bits per heavy atom. The maximum absolute atomic E-state index is 12.7. The Hall–Kier alpha value is -3.63. The molecule has 344 valence electrons. The van der Waals surface area contributed by atoms with Gasteiger partial charge in [0.2, 0.25) is 0 Å². The van der Waals surface area contributed by atoms with Crippen LogP contribution >= 0.6 is 7.82 Å². The van der Waals surface area contributed by atoms with Gasteiger partial charge in [-0.25, -0.2) is 4.57 Å². The van der Waals surface area contributed by atoms with Crippen molar-refractivity contribution in [2.24, 2.45) is 0 Å². The topological polar surface area (TPSA) is 129 Å². The number of quaternary nitrogens is 1. The Bertz CT molecular complexity index is 1460. The lowest BCUT2D eigenvalue weighted by molar-refractivity contribution is -0.870. The van der Waals surface area contributed by atoms with Crippen LogP contribution in [0, 0.1) is 0 Å². The molecular formula is C50H81NO9P+. The van der Waals surface area contributed by atoms with Crippen molar-refractivity contribution in [3.8, 4) is 0 Å². The number of phosphoric acid groups is 1. The van der Waals surface area contributed by atoms with Crippen LogP contribution in [0.2, 0.25) is 0 Å². The quantitative estimate of drug-likeness (QED) is 0.0156. The molecule has 0 heterocycles. The molecule has 0 radical (unpaired) electrons. The molecule has 0 spiro atoms. The number of nitrogens with zero attached hydrogens (tertiary/aromatic N) is 1. The second-order valence-electron chi connectivity index (χ2n) is 15.5. The van der Waals surface area contributed by atoms with Crippen LogP contribution in [0.25, 0.3) is 0 Å². The first-order valence-electron chi connectivity index (χ1n) is 22.4. The molecular weight excluding hydrogens is 790 g/mol. The van der Waals surface area contributed by atoms with Crippen LogP contribution in [0.3, 0.4) is 0 Å². The predicted molar refractivity (Wildman–Crippen MR) is 253 cm³/mol. The van der Waals surface area contributed by atoms with Crippen molar-refractivity contribution in [3.05, 3.63) is 122 Å². The van der Waals surface area contributed by atoms with Crippen molar-refractivity contribution in [3.63, 3.8) is 0 Å². The summed E-state index contributed by atoms with van der Waals surface area (Å²) in [6, 6.07) is 0. The fourth-order valence-electron chi connectivity index (χ4n) is 5.13. The number of hydrogen-bond donors (Lipinski definition) is 2. The second-order valence-corrected chi connectivity index (χ2v) is 17.0. The van der Waals surface area contributed by atoms with Crippen LogP contribution in [-0.2, 0) is 32.7 Å². The molecule has 10 nitrogen and oxygen atoms in total. The zero-order chi connectivity index (χ0) is 45.1. The number of phosphoric ester groups is 1. The third kappa shape index (κ3) is 44.2. The van der Waals surface area contributed by atoms with Gasteiger partial charge in [-0.15, -0.1) is 0 Å². The first kappa shape index (κ1) is 57.4.